The molecule has 0 radical (unpaired) electrons. The molecule has 1 N–H and O–H groups in total. The maximum atomic E-state index is 13.0. The second-order valence-electron chi connectivity index (χ2n) is 6.00. The topological polar surface area (TPSA) is 59.2 Å². The lowest BCUT2D eigenvalue weighted by atomic mass is 9.72. The van der Waals surface area contributed by atoms with E-state index in [0.717, 1.165) is 13.3 Å². The summed E-state index contributed by atoms with van der Waals surface area (Å²) in [5.74, 6) is -2.69. The second kappa shape index (κ2) is 4.81. The largest absolute Gasteiger partial charge is 0.389 e. The minimum Gasteiger partial charge on any atom is -0.389 e. The first-order chi connectivity index (χ1) is 8.70. The molecule has 19 heavy (non-hydrogen) atoms. The molecule has 0 spiro atoms. The Kier molecular flexibility index (Phi) is 3.64. The molecular formula is C13H20F2N2O2. The molecule has 0 amide bonds. The zero-order valence-electron chi connectivity index (χ0n) is 11.5. The van der Waals surface area contributed by atoms with Gasteiger partial charge in [0.1, 0.15) is 0 Å². The molecule has 0 aromatic carbocycles. The fraction of sp³-hybridized carbons (Fsp3) is 0.846. The Morgan fingerprint density at radius 2 is 2.11 bits per heavy atom. The molecule has 0 saturated heterocycles. The molecule has 3 atom stereocenters. The van der Waals surface area contributed by atoms with Gasteiger partial charge in [-0.3, -0.25) is 0 Å². The number of rotatable bonds is 3. The van der Waals surface area contributed by atoms with Crippen LogP contribution in [0, 0.1) is 11.8 Å². The lowest BCUT2D eigenvalue weighted by molar-refractivity contribution is -0.0330. The first-order valence-corrected chi connectivity index (χ1v) is 6.63. The van der Waals surface area contributed by atoms with E-state index in [1.807, 2.05) is 0 Å². The maximum absolute atomic E-state index is 13.0. The monoisotopic (exact) mass is 274 g/mol. The van der Waals surface area contributed by atoms with Crippen LogP contribution in [0.2, 0.25) is 0 Å². The minimum atomic E-state index is -3.11. The Labute approximate surface area is 111 Å². The number of aromatic nitrogens is 2. The molecule has 0 bridgehead atoms. The Morgan fingerprint density at radius 3 is 2.63 bits per heavy atom. The Balaban J connectivity index is 2.06. The third-order valence-electron chi connectivity index (χ3n) is 4.08. The molecule has 108 valence electrons. The van der Waals surface area contributed by atoms with Crippen LogP contribution in [-0.4, -0.2) is 20.8 Å². The van der Waals surface area contributed by atoms with Crippen molar-refractivity contribution in [1.29, 1.82) is 0 Å². The van der Waals surface area contributed by atoms with Gasteiger partial charge < -0.3 is 9.63 Å². The number of halogens is 2. The van der Waals surface area contributed by atoms with Crippen LogP contribution < -0.4 is 0 Å². The molecule has 2 rings (SSSR count). The highest BCUT2D eigenvalue weighted by Crippen LogP contribution is 2.38. The van der Waals surface area contributed by atoms with E-state index in [1.165, 1.54) is 0 Å². The molecule has 1 heterocycles. The quantitative estimate of drug-likeness (QED) is 0.920. The number of nitrogens with zero attached hydrogens (tertiary/aromatic N) is 2. The van der Waals surface area contributed by atoms with Crippen molar-refractivity contribution in [2.45, 2.75) is 58.0 Å². The average molecular weight is 274 g/mol. The van der Waals surface area contributed by atoms with Gasteiger partial charge in [-0.2, -0.15) is 13.8 Å². The van der Waals surface area contributed by atoms with Crippen molar-refractivity contribution in [1.82, 2.24) is 10.1 Å². The first kappa shape index (κ1) is 14.4. The summed E-state index contributed by atoms with van der Waals surface area (Å²) < 4.78 is 30.8. The van der Waals surface area contributed by atoms with Gasteiger partial charge in [0.15, 0.2) is 0 Å². The SMILES string of the molecule is C[C@@H]1CC[C@](O)(Cc2nc(C(C)(F)F)no2)C[C@H]1C. The molecule has 1 aliphatic rings. The van der Waals surface area contributed by atoms with E-state index in [2.05, 4.69) is 24.0 Å². The van der Waals surface area contributed by atoms with Crippen molar-refractivity contribution < 1.29 is 18.4 Å². The van der Waals surface area contributed by atoms with Gasteiger partial charge in [0.25, 0.3) is 0 Å². The van der Waals surface area contributed by atoms with Crippen molar-refractivity contribution >= 4 is 0 Å². The Morgan fingerprint density at radius 1 is 1.42 bits per heavy atom. The van der Waals surface area contributed by atoms with Crippen molar-refractivity contribution in [2.75, 3.05) is 0 Å². The lowest BCUT2D eigenvalue weighted by Gasteiger charge is -2.38. The van der Waals surface area contributed by atoms with Gasteiger partial charge >= 0.3 is 5.92 Å². The third kappa shape index (κ3) is 3.29. The van der Waals surface area contributed by atoms with Gasteiger partial charge in [-0.25, -0.2) is 0 Å². The van der Waals surface area contributed by atoms with Crippen LogP contribution in [0.15, 0.2) is 4.52 Å². The summed E-state index contributed by atoms with van der Waals surface area (Å²) in [6, 6.07) is 0. The van der Waals surface area contributed by atoms with Crippen LogP contribution in [0.5, 0.6) is 0 Å². The van der Waals surface area contributed by atoms with Crippen LogP contribution in [0.25, 0.3) is 0 Å². The predicted molar refractivity (Wildman–Crippen MR) is 64.7 cm³/mol. The summed E-state index contributed by atoms with van der Waals surface area (Å²) in [7, 11) is 0. The summed E-state index contributed by atoms with van der Waals surface area (Å²) in [4.78, 5) is 3.68. The molecule has 1 saturated carbocycles. The normalized spacial score (nSPS) is 32.5. The van der Waals surface area contributed by atoms with Gasteiger partial charge in [0, 0.05) is 6.92 Å². The highest BCUT2D eigenvalue weighted by Gasteiger charge is 2.38. The summed E-state index contributed by atoms with van der Waals surface area (Å²) in [5.41, 5.74) is -0.918. The van der Waals surface area contributed by atoms with Crippen molar-refractivity contribution in [2.24, 2.45) is 11.8 Å². The number of aliphatic hydroxyl groups is 1. The molecule has 4 nitrogen and oxygen atoms in total. The third-order valence-corrected chi connectivity index (χ3v) is 4.08. The van der Waals surface area contributed by atoms with Crippen molar-refractivity contribution in [3.63, 3.8) is 0 Å². The molecule has 6 heteroatoms. The highest BCUT2D eigenvalue weighted by molar-refractivity contribution is 4.99. The minimum absolute atomic E-state index is 0.0841. The smallest absolute Gasteiger partial charge is 0.307 e. The van der Waals surface area contributed by atoms with E-state index in [-0.39, 0.29) is 12.3 Å². The number of hydrogen-bond acceptors (Lipinski definition) is 4. The molecule has 1 aromatic rings. The lowest BCUT2D eigenvalue weighted by Crippen LogP contribution is -2.39. The van der Waals surface area contributed by atoms with E-state index in [9.17, 15) is 13.9 Å². The maximum Gasteiger partial charge on any atom is 0.307 e. The van der Waals surface area contributed by atoms with Crippen molar-refractivity contribution in [3.05, 3.63) is 11.7 Å². The fourth-order valence-electron chi connectivity index (χ4n) is 2.63. The van der Waals surface area contributed by atoms with E-state index < -0.39 is 17.3 Å². The average Bonchev–Trinajstić information content (AvgIpc) is 2.72. The number of hydrogen-bond donors (Lipinski definition) is 1. The summed E-state index contributed by atoms with van der Waals surface area (Å²) in [6.07, 6.45) is 2.34. The predicted octanol–water partition coefficient (Wildman–Crippen LogP) is 2.91. The van der Waals surface area contributed by atoms with Crippen LogP contribution in [0.1, 0.15) is 51.7 Å². The summed E-state index contributed by atoms with van der Waals surface area (Å²) in [5, 5.41) is 13.8. The Bertz CT molecular complexity index is 444. The van der Waals surface area contributed by atoms with Gasteiger partial charge in [-0.1, -0.05) is 19.0 Å². The standard InChI is InChI=1S/C13H20F2N2O2/c1-8-4-5-13(18,6-9(8)2)7-10-16-11(17-19-10)12(3,14)15/h8-9,18H,4-7H2,1-3H3/t8-,9-,13-/m1/s1. The molecule has 0 aliphatic heterocycles. The molecule has 1 aromatic heterocycles. The van der Waals surface area contributed by atoms with Crippen LogP contribution >= 0.6 is 0 Å². The summed E-state index contributed by atoms with van der Waals surface area (Å²) >= 11 is 0. The van der Waals surface area contributed by atoms with E-state index in [0.29, 0.717) is 24.7 Å². The first-order valence-electron chi connectivity index (χ1n) is 6.63. The van der Waals surface area contributed by atoms with E-state index >= 15 is 0 Å². The van der Waals surface area contributed by atoms with Crippen LogP contribution in [0.3, 0.4) is 0 Å². The summed E-state index contributed by atoms with van der Waals surface area (Å²) in [6.45, 7) is 4.97. The molecule has 1 aliphatic carbocycles. The second-order valence-corrected chi connectivity index (χ2v) is 6.00. The van der Waals surface area contributed by atoms with Gasteiger partial charge in [-0.15, -0.1) is 0 Å². The molecule has 0 unspecified atom stereocenters. The highest BCUT2D eigenvalue weighted by atomic mass is 19.3. The van der Waals surface area contributed by atoms with Gasteiger partial charge in [0.05, 0.1) is 12.0 Å². The van der Waals surface area contributed by atoms with Gasteiger partial charge in [0.2, 0.25) is 11.7 Å². The van der Waals surface area contributed by atoms with Gasteiger partial charge in [-0.05, 0) is 31.1 Å². The van der Waals surface area contributed by atoms with Crippen LogP contribution in [0.4, 0.5) is 8.78 Å². The van der Waals surface area contributed by atoms with Crippen LogP contribution in [-0.2, 0) is 12.3 Å². The Hall–Kier alpha value is -1.04. The van der Waals surface area contributed by atoms with E-state index in [4.69, 9.17) is 4.52 Å². The molecular weight excluding hydrogens is 254 g/mol. The zero-order chi connectivity index (χ0) is 14.3. The van der Waals surface area contributed by atoms with Crippen molar-refractivity contribution in [3.8, 4) is 0 Å². The zero-order valence-corrected chi connectivity index (χ0v) is 11.5. The number of alkyl halides is 2. The fourth-order valence-corrected chi connectivity index (χ4v) is 2.63. The van der Waals surface area contributed by atoms with E-state index in [1.54, 1.807) is 0 Å². The molecule has 1 fully saturated rings.